The molecule has 0 spiro atoms. The number of nitrogens with one attached hydrogen (secondary N) is 2. The Morgan fingerprint density at radius 1 is 1.35 bits per heavy atom. The van der Waals surface area contributed by atoms with Crippen LogP contribution in [0.25, 0.3) is 0 Å². The molecule has 1 aliphatic carbocycles. The van der Waals surface area contributed by atoms with Crippen LogP contribution < -0.4 is 10.6 Å². The molecule has 6 heteroatoms. The molecule has 0 aliphatic heterocycles. The van der Waals surface area contributed by atoms with Crippen LogP contribution in [0, 0.1) is 11.8 Å². The molecule has 114 valence electrons. The Labute approximate surface area is 119 Å². The number of hydrogen-bond donors (Lipinski definition) is 3. The average molecular weight is 284 g/mol. The quantitative estimate of drug-likeness (QED) is 0.617. The molecule has 2 amide bonds. The first-order chi connectivity index (χ1) is 9.30. The molecule has 6 nitrogen and oxygen atoms in total. The monoisotopic (exact) mass is 284 g/mol. The highest BCUT2D eigenvalue weighted by atomic mass is 16.4. The normalized spacial score (nSPS) is 23.6. The van der Waals surface area contributed by atoms with Gasteiger partial charge in [0.1, 0.15) is 5.54 Å². The van der Waals surface area contributed by atoms with Gasteiger partial charge in [0, 0.05) is 18.9 Å². The molecule has 0 radical (unpaired) electrons. The summed E-state index contributed by atoms with van der Waals surface area (Å²) in [5.41, 5.74) is -1.24. The zero-order valence-corrected chi connectivity index (χ0v) is 12.4. The smallest absolute Gasteiger partial charge is 0.329 e. The summed E-state index contributed by atoms with van der Waals surface area (Å²) in [4.78, 5) is 34.5. The first-order valence-corrected chi connectivity index (χ1v) is 7.12. The van der Waals surface area contributed by atoms with Gasteiger partial charge in [-0.05, 0) is 25.7 Å². The first-order valence-electron chi connectivity index (χ1n) is 7.12. The molecule has 3 atom stereocenters. The van der Waals surface area contributed by atoms with E-state index >= 15 is 0 Å². The van der Waals surface area contributed by atoms with Crippen molar-refractivity contribution in [2.75, 3.05) is 6.54 Å². The van der Waals surface area contributed by atoms with Gasteiger partial charge < -0.3 is 15.7 Å². The second-order valence-corrected chi connectivity index (χ2v) is 5.80. The molecule has 3 N–H and O–H groups in total. The van der Waals surface area contributed by atoms with Crippen molar-refractivity contribution in [3.63, 3.8) is 0 Å². The van der Waals surface area contributed by atoms with Gasteiger partial charge in [-0.3, -0.25) is 9.59 Å². The van der Waals surface area contributed by atoms with Crippen molar-refractivity contribution in [3.05, 3.63) is 0 Å². The molecule has 1 aliphatic rings. The fourth-order valence-electron chi connectivity index (χ4n) is 2.21. The van der Waals surface area contributed by atoms with Crippen molar-refractivity contribution in [2.24, 2.45) is 11.8 Å². The molecule has 1 rings (SSSR count). The third-order valence-corrected chi connectivity index (χ3v) is 3.73. The molecular weight excluding hydrogens is 260 g/mol. The van der Waals surface area contributed by atoms with Gasteiger partial charge in [0.25, 0.3) is 0 Å². The predicted molar refractivity (Wildman–Crippen MR) is 74.0 cm³/mol. The number of hydrogen-bond acceptors (Lipinski definition) is 3. The Bertz CT molecular complexity index is 397. The standard InChI is InChI=1S/C14H24N2O4/c1-4-6-14(3,13(19)20)16-11(17)5-7-15-12(18)10-8-9(10)2/h9-10H,4-8H2,1-3H3,(H,15,18)(H,16,17)(H,19,20). The molecular formula is C14H24N2O4. The fraction of sp³-hybridized carbons (Fsp3) is 0.786. The number of carboxylic acids is 1. The van der Waals surface area contributed by atoms with Crippen molar-refractivity contribution in [3.8, 4) is 0 Å². The highest BCUT2D eigenvalue weighted by Crippen LogP contribution is 2.37. The summed E-state index contributed by atoms with van der Waals surface area (Å²) in [6.07, 6.45) is 2.05. The minimum Gasteiger partial charge on any atom is -0.480 e. The lowest BCUT2D eigenvalue weighted by atomic mass is 9.96. The molecule has 3 unspecified atom stereocenters. The number of carbonyl (C=O) groups is 3. The molecule has 20 heavy (non-hydrogen) atoms. The van der Waals surface area contributed by atoms with Gasteiger partial charge in [0.2, 0.25) is 11.8 Å². The Hall–Kier alpha value is -1.59. The summed E-state index contributed by atoms with van der Waals surface area (Å²) in [6.45, 7) is 5.63. The number of rotatable bonds is 8. The Morgan fingerprint density at radius 2 is 1.95 bits per heavy atom. The van der Waals surface area contributed by atoms with Crippen LogP contribution in [0.15, 0.2) is 0 Å². The maximum atomic E-state index is 11.7. The van der Waals surface area contributed by atoms with E-state index in [1.54, 1.807) is 0 Å². The number of aliphatic carboxylic acids is 1. The van der Waals surface area contributed by atoms with Gasteiger partial charge in [-0.25, -0.2) is 4.79 Å². The van der Waals surface area contributed by atoms with Crippen LogP contribution in [0.2, 0.25) is 0 Å². The lowest BCUT2D eigenvalue weighted by Gasteiger charge is -2.25. The first kappa shape index (κ1) is 16.5. The molecule has 0 aromatic rings. The van der Waals surface area contributed by atoms with Crippen molar-refractivity contribution in [2.45, 2.75) is 52.0 Å². The van der Waals surface area contributed by atoms with E-state index in [0.29, 0.717) is 18.8 Å². The lowest BCUT2D eigenvalue weighted by molar-refractivity contribution is -0.147. The van der Waals surface area contributed by atoms with Crippen LogP contribution in [0.1, 0.15) is 46.5 Å². The van der Waals surface area contributed by atoms with E-state index in [4.69, 9.17) is 5.11 Å². The predicted octanol–water partition coefficient (Wildman–Crippen LogP) is 0.908. The minimum atomic E-state index is -1.24. The van der Waals surface area contributed by atoms with Crippen molar-refractivity contribution < 1.29 is 19.5 Å². The van der Waals surface area contributed by atoms with E-state index in [0.717, 1.165) is 6.42 Å². The number of amides is 2. The second-order valence-electron chi connectivity index (χ2n) is 5.80. The summed E-state index contributed by atoms with van der Waals surface area (Å²) in [5.74, 6) is -0.887. The zero-order chi connectivity index (χ0) is 15.3. The van der Waals surface area contributed by atoms with E-state index in [9.17, 15) is 14.4 Å². The average Bonchev–Trinajstić information content (AvgIpc) is 3.06. The van der Waals surface area contributed by atoms with Gasteiger partial charge >= 0.3 is 5.97 Å². The molecule has 1 saturated carbocycles. The van der Waals surface area contributed by atoms with Gasteiger partial charge in [-0.2, -0.15) is 0 Å². The van der Waals surface area contributed by atoms with Crippen LogP contribution in [0.3, 0.4) is 0 Å². The van der Waals surface area contributed by atoms with E-state index < -0.39 is 11.5 Å². The van der Waals surface area contributed by atoms with E-state index in [1.807, 2.05) is 13.8 Å². The molecule has 0 heterocycles. The highest BCUT2D eigenvalue weighted by Gasteiger charge is 2.39. The number of carboxylic acid groups (broad SMARTS) is 1. The molecule has 0 aromatic carbocycles. The van der Waals surface area contributed by atoms with Gasteiger partial charge in [0.15, 0.2) is 0 Å². The highest BCUT2D eigenvalue weighted by molar-refractivity contribution is 5.87. The summed E-state index contributed by atoms with van der Waals surface area (Å²) < 4.78 is 0. The van der Waals surface area contributed by atoms with Crippen molar-refractivity contribution in [1.82, 2.24) is 10.6 Å². The molecule has 1 fully saturated rings. The summed E-state index contributed by atoms with van der Waals surface area (Å²) in [7, 11) is 0. The summed E-state index contributed by atoms with van der Waals surface area (Å²) >= 11 is 0. The van der Waals surface area contributed by atoms with Crippen LogP contribution in [0.4, 0.5) is 0 Å². The second kappa shape index (κ2) is 6.72. The molecule has 0 bridgehead atoms. The van der Waals surface area contributed by atoms with Crippen molar-refractivity contribution in [1.29, 1.82) is 0 Å². The van der Waals surface area contributed by atoms with Gasteiger partial charge in [0.05, 0.1) is 0 Å². The third-order valence-electron chi connectivity index (χ3n) is 3.73. The maximum Gasteiger partial charge on any atom is 0.329 e. The van der Waals surface area contributed by atoms with E-state index in [-0.39, 0.29) is 30.7 Å². The van der Waals surface area contributed by atoms with Crippen molar-refractivity contribution >= 4 is 17.8 Å². The van der Waals surface area contributed by atoms with Gasteiger partial charge in [-0.15, -0.1) is 0 Å². The Kier molecular flexibility index (Phi) is 5.53. The Morgan fingerprint density at radius 3 is 2.40 bits per heavy atom. The van der Waals surface area contributed by atoms with Crippen LogP contribution in [0.5, 0.6) is 0 Å². The molecule has 0 saturated heterocycles. The largest absolute Gasteiger partial charge is 0.480 e. The van der Waals surface area contributed by atoms with E-state index in [1.165, 1.54) is 6.92 Å². The molecule has 0 aromatic heterocycles. The van der Waals surface area contributed by atoms with Gasteiger partial charge in [-0.1, -0.05) is 20.3 Å². The van der Waals surface area contributed by atoms with Crippen LogP contribution >= 0.6 is 0 Å². The zero-order valence-electron chi connectivity index (χ0n) is 12.4. The van der Waals surface area contributed by atoms with E-state index in [2.05, 4.69) is 10.6 Å². The summed E-state index contributed by atoms with van der Waals surface area (Å²) in [6, 6.07) is 0. The topological polar surface area (TPSA) is 95.5 Å². The van der Waals surface area contributed by atoms with Crippen LogP contribution in [-0.4, -0.2) is 35.0 Å². The minimum absolute atomic E-state index is 0.0140. The SMILES string of the molecule is CCCC(C)(NC(=O)CCNC(=O)C1CC1C)C(=O)O. The maximum absolute atomic E-state index is 11.7. The Balaban J connectivity index is 2.31. The van der Waals surface area contributed by atoms with Crippen LogP contribution in [-0.2, 0) is 14.4 Å². The fourth-order valence-corrected chi connectivity index (χ4v) is 2.21. The number of carbonyl (C=O) groups excluding carboxylic acids is 2. The third kappa shape index (κ3) is 4.51. The lowest BCUT2D eigenvalue weighted by Crippen LogP contribution is -2.52. The summed E-state index contributed by atoms with van der Waals surface area (Å²) in [5, 5.41) is 14.4.